The van der Waals surface area contributed by atoms with Crippen molar-refractivity contribution in [1.29, 1.82) is 0 Å². The highest BCUT2D eigenvalue weighted by molar-refractivity contribution is 6.30. The van der Waals surface area contributed by atoms with E-state index in [4.69, 9.17) is 22.1 Å². The third-order valence-electron chi connectivity index (χ3n) is 3.73. The Hall–Kier alpha value is -0.610. The van der Waals surface area contributed by atoms with E-state index in [9.17, 15) is 0 Å². The van der Waals surface area contributed by atoms with Crippen LogP contribution in [0, 0.1) is 0 Å². The summed E-state index contributed by atoms with van der Waals surface area (Å²) in [7, 11) is 0. The Labute approximate surface area is 120 Å². The fourth-order valence-electron chi connectivity index (χ4n) is 2.43. The predicted octanol–water partition coefficient (Wildman–Crippen LogP) is 2.84. The minimum atomic E-state index is 0.0835. The van der Waals surface area contributed by atoms with E-state index in [0.29, 0.717) is 6.10 Å². The Balaban J connectivity index is 1.79. The van der Waals surface area contributed by atoms with E-state index < -0.39 is 0 Å². The van der Waals surface area contributed by atoms with Gasteiger partial charge in [0, 0.05) is 30.7 Å². The van der Waals surface area contributed by atoms with Crippen LogP contribution in [0.4, 0.5) is 0 Å². The third-order valence-corrected chi connectivity index (χ3v) is 3.98. The van der Waals surface area contributed by atoms with Crippen LogP contribution in [0.1, 0.15) is 31.4 Å². The van der Waals surface area contributed by atoms with Crippen LogP contribution in [0.5, 0.6) is 0 Å². The van der Waals surface area contributed by atoms with Crippen molar-refractivity contribution < 1.29 is 4.74 Å². The summed E-state index contributed by atoms with van der Waals surface area (Å²) in [5, 5.41) is 0.759. The standard InChI is InChI=1S/C15H23ClN2O/c1-2-14-11-18(9-10-19-14)8-7-15(17)12-3-5-13(16)6-4-12/h3-6,14-15H,2,7-11,17H2,1H3. The normalized spacial score (nSPS) is 22.4. The largest absolute Gasteiger partial charge is 0.376 e. The highest BCUT2D eigenvalue weighted by Crippen LogP contribution is 2.18. The first-order valence-corrected chi connectivity index (χ1v) is 7.42. The number of morpholine rings is 1. The molecule has 1 heterocycles. The molecule has 2 rings (SSSR count). The summed E-state index contributed by atoms with van der Waals surface area (Å²) < 4.78 is 5.67. The van der Waals surface area contributed by atoms with Gasteiger partial charge in [-0.1, -0.05) is 30.7 Å². The van der Waals surface area contributed by atoms with Crippen molar-refractivity contribution in [2.24, 2.45) is 5.73 Å². The highest BCUT2D eigenvalue weighted by atomic mass is 35.5. The lowest BCUT2D eigenvalue weighted by Crippen LogP contribution is -2.43. The van der Waals surface area contributed by atoms with Gasteiger partial charge in [-0.15, -0.1) is 0 Å². The number of halogens is 1. The molecule has 2 atom stereocenters. The molecule has 0 radical (unpaired) electrons. The Morgan fingerprint density at radius 3 is 2.84 bits per heavy atom. The second-order valence-corrected chi connectivity index (χ2v) is 5.58. The maximum atomic E-state index is 6.23. The lowest BCUT2D eigenvalue weighted by atomic mass is 10.0. The van der Waals surface area contributed by atoms with Crippen molar-refractivity contribution in [2.75, 3.05) is 26.2 Å². The van der Waals surface area contributed by atoms with Crippen LogP contribution >= 0.6 is 11.6 Å². The van der Waals surface area contributed by atoms with Crippen molar-refractivity contribution in [1.82, 2.24) is 4.90 Å². The quantitative estimate of drug-likeness (QED) is 0.902. The van der Waals surface area contributed by atoms with Gasteiger partial charge >= 0.3 is 0 Å². The van der Waals surface area contributed by atoms with Crippen LogP contribution in [0.3, 0.4) is 0 Å². The molecule has 0 saturated carbocycles. The Bertz CT molecular complexity index is 382. The first kappa shape index (κ1) is 14.8. The van der Waals surface area contributed by atoms with Gasteiger partial charge in [0.05, 0.1) is 12.7 Å². The van der Waals surface area contributed by atoms with E-state index in [-0.39, 0.29) is 6.04 Å². The monoisotopic (exact) mass is 282 g/mol. The Morgan fingerprint density at radius 1 is 1.42 bits per heavy atom. The van der Waals surface area contributed by atoms with Gasteiger partial charge in [-0.3, -0.25) is 4.90 Å². The van der Waals surface area contributed by atoms with Crippen molar-refractivity contribution in [3.63, 3.8) is 0 Å². The Kier molecular flexibility index (Phi) is 5.64. The molecule has 0 bridgehead atoms. The number of nitrogens with zero attached hydrogens (tertiary/aromatic N) is 1. The summed E-state index contributed by atoms with van der Waals surface area (Å²) in [6.45, 7) is 6.10. The first-order valence-electron chi connectivity index (χ1n) is 7.04. The molecule has 1 saturated heterocycles. The summed E-state index contributed by atoms with van der Waals surface area (Å²) in [6, 6.07) is 7.92. The fourth-order valence-corrected chi connectivity index (χ4v) is 2.55. The van der Waals surface area contributed by atoms with Crippen molar-refractivity contribution in [3.8, 4) is 0 Å². The number of ether oxygens (including phenoxy) is 1. The van der Waals surface area contributed by atoms with E-state index in [1.165, 1.54) is 0 Å². The summed E-state index contributed by atoms with van der Waals surface area (Å²) in [4.78, 5) is 2.45. The van der Waals surface area contributed by atoms with E-state index in [1.54, 1.807) is 0 Å². The molecule has 1 aromatic rings. The topological polar surface area (TPSA) is 38.5 Å². The van der Waals surface area contributed by atoms with E-state index in [2.05, 4.69) is 11.8 Å². The third kappa shape index (κ3) is 4.46. The van der Waals surface area contributed by atoms with E-state index in [0.717, 1.165) is 49.7 Å². The fraction of sp³-hybridized carbons (Fsp3) is 0.600. The molecular formula is C15H23ClN2O. The lowest BCUT2D eigenvalue weighted by Gasteiger charge is -2.33. The number of hydrogen-bond donors (Lipinski definition) is 1. The zero-order valence-corrected chi connectivity index (χ0v) is 12.3. The molecule has 19 heavy (non-hydrogen) atoms. The van der Waals surface area contributed by atoms with Crippen molar-refractivity contribution >= 4 is 11.6 Å². The van der Waals surface area contributed by atoms with Crippen LogP contribution in [0.15, 0.2) is 24.3 Å². The predicted molar refractivity (Wildman–Crippen MR) is 79.5 cm³/mol. The molecule has 1 aliphatic heterocycles. The van der Waals surface area contributed by atoms with Gasteiger partial charge in [0.25, 0.3) is 0 Å². The van der Waals surface area contributed by atoms with Gasteiger partial charge in [0.15, 0.2) is 0 Å². The molecular weight excluding hydrogens is 260 g/mol. The second-order valence-electron chi connectivity index (χ2n) is 5.15. The van der Waals surface area contributed by atoms with Crippen LogP contribution in [-0.2, 0) is 4.74 Å². The average molecular weight is 283 g/mol. The molecule has 2 N–H and O–H groups in total. The zero-order valence-electron chi connectivity index (χ0n) is 11.5. The molecule has 1 fully saturated rings. The van der Waals surface area contributed by atoms with E-state index >= 15 is 0 Å². The minimum Gasteiger partial charge on any atom is -0.376 e. The Morgan fingerprint density at radius 2 is 2.16 bits per heavy atom. The SMILES string of the molecule is CCC1CN(CCC(N)c2ccc(Cl)cc2)CCO1. The summed E-state index contributed by atoms with van der Waals surface area (Å²) >= 11 is 5.88. The maximum Gasteiger partial charge on any atom is 0.0700 e. The number of nitrogens with two attached hydrogens (primary N) is 1. The summed E-state index contributed by atoms with van der Waals surface area (Å²) in [6.07, 6.45) is 2.44. The zero-order chi connectivity index (χ0) is 13.7. The molecule has 0 amide bonds. The smallest absolute Gasteiger partial charge is 0.0700 e. The highest BCUT2D eigenvalue weighted by Gasteiger charge is 2.19. The van der Waals surface area contributed by atoms with E-state index in [1.807, 2.05) is 24.3 Å². The van der Waals surface area contributed by atoms with Crippen LogP contribution in [-0.4, -0.2) is 37.2 Å². The van der Waals surface area contributed by atoms with Gasteiger partial charge in [0.1, 0.15) is 0 Å². The summed E-state index contributed by atoms with van der Waals surface area (Å²) in [5.74, 6) is 0. The van der Waals surface area contributed by atoms with Crippen LogP contribution in [0.25, 0.3) is 0 Å². The number of benzene rings is 1. The van der Waals surface area contributed by atoms with Gasteiger partial charge in [-0.25, -0.2) is 0 Å². The van der Waals surface area contributed by atoms with Crippen LogP contribution < -0.4 is 5.73 Å². The molecule has 106 valence electrons. The molecule has 0 aromatic heterocycles. The molecule has 1 aromatic carbocycles. The molecule has 3 nitrogen and oxygen atoms in total. The van der Waals surface area contributed by atoms with Gasteiger partial charge in [-0.05, 0) is 30.5 Å². The molecule has 0 aliphatic carbocycles. The van der Waals surface area contributed by atoms with Crippen molar-refractivity contribution in [3.05, 3.63) is 34.9 Å². The first-order chi connectivity index (χ1) is 9.19. The maximum absolute atomic E-state index is 6.23. The molecule has 0 spiro atoms. The molecule has 4 heteroatoms. The minimum absolute atomic E-state index is 0.0835. The average Bonchev–Trinajstić information content (AvgIpc) is 2.46. The lowest BCUT2D eigenvalue weighted by molar-refractivity contribution is -0.0302. The van der Waals surface area contributed by atoms with Gasteiger partial charge in [-0.2, -0.15) is 0 Å². The number of hydrogen-bond acceptors (Lipinski definition) is 3. The summed E-state index contributed by atoms with van der Waals surface area (Å²) in [5.41, 5.74) is 7.39. The van der Waals surface area contributed by atoms with Crippen molar-refractivity contribution in [2.45, 2.75) is 31.9 Å². The second kappa shape index (κ2) is 7.25. The molecule has 1 aliphatic rings. The number of rotatable bonds is 5. The van der Waals surface area contributed by atoms with Crippen LogP contribution in [0.2, 0.25) is 5.02 Å². The van der Waals surface area contributed by atoms with Gasteiger partial charge < -0.3 is 10.5 Å². The molecule has 2 unspecified atom stereocenters. The van der Waals surface area contributed by atoms with Gasteiger partial charge in [0.2, 0.25) is 0 Å².